The molecule has 0 N–H and O–H groups in total. The van der Waals surface area contributed by atoms with E-state index < -0.39 is 0 Å². The minimum atomic E-state index is 0.121. The van der Waals surface area contributed by atoms with Crippen LogP contribution in [0, 0.1) is 0 Å². The van der Waals surface area contributed by atoms with E-state index >= 15 is 0 Å². The highest BCUT2D eigenvalue weighted by Crippen LogP contribution is 2.18. The van der Waals surface area contributed by atoms with Crippen LogP contribution in [-0.4, -0.2) is 79.2 Å². The summed E-state index contributed by atoms with van der Waals surface area (Å²) < 4.78 is 5.61. The fourth-order valence-corrected chi connectivity index (χ4v) is 3.79. The highest BCUT2D eigenvalue weighted by molar-refractivity contribution is 5.94. The summed E-state index contributed by atoms with van der Waals surface area (Å²) >= 11 is 0. The first-order chi connectivity index (χ1) is 12.7. The normalized spacial score (nSPS) is 21.2. The van der Waals surface area contributed by atoms with Gasteiger partial charge in [0, 0.05) is 44.5 Å². The molecule has 6 nitrogen and oxygen atoms in total. The topological polar surface area (TPSA) is 48.9 Å². The minimum absolute atomic E-state index is 0.121. The summed E-state index contributed by atoms with van der Waals surface area (Å²) in [4.78, 5) is 24.2. The average molecular weight is 361 g/mol. The first kappa shape index (κ1) is 19.1. The number of morpholine rings is 1. The molecule has 0 radical (unpaired) electrons. The molecule has 0 bridgehead atoms. The predicted octanol–water partition coefficient (Wildman–Crippen LogP) is 2.25. The number of rotatable bonds is 7. The maximum atomic E-state index is 13.1. The van der Waals surface area contributed by atoms with Gasteiger partial charge >= 0.3 is 0 Å². The second-order valence-corrected chi connectivity index (χ2v) is 7.37. The van der Waals surface area contributed by atoms with Crippen LogP contribution in [0.25, 0.3) is 0 Å². The summed E-state index contributed by atoms with van der Waals surface area (Å²) in [7, 11) is 0. The molecule has 26 heavy (non-hydrogen) atoms. The van der Waals surface area contributed by atoms with Crippen LogP contribution in [0.1, 0.15) is 43.5 Å². The molecule has 0 aliphatic carbocycles. The summed E-state index contributed by atoms with van der Waals surface area (Å²) in [6, 6.07) is 3.78. The fourth-order valence-electron chi connectivity index (χ4n) is 3.79. The first-order valence-electron chi connectivity index (χ1n) is 10.0. The summed E-state index contributed by atoms with van der Waals surface area (Å²) in [5, 5.41) is 0. The van der Waals surface area contributed by atoms with Gasteiger partial charge in [-0.15, -0.1) is 0 Å². The van der Waals surface area contributed by atoms with E-state index in [4.69, 9.17) is 4.74 Å². The molecule has 1 aromatic heterocycles. The smallest absolute Gasteiger partial charge is 0.254 e. The average Bonchev–Trinajstić information content (AvgIpc) is 3.18. The number of pyridine rings is 1. The van der Waals surface area contributed by atoms with Crippen LogP contribution < -0.4 is 4.90 Å². The Morgan fingerprint density at radius 1 is 1.31 bits per heavy atom. The lowest BCUT2D eigenvalue weighted by Gasteiger charge is -2.32. The highest BCUT2D eigenvalue weighted by Gasteiger charge is 2.21. The fraction of sp³-hybridized carbons (Fsp3) is 0.700. The number of aromatic nitrogens is 1. The molecule has 0 aromatic carbocycles. The number of hydrogen-bond acceptors (Lipinski definition) is 5. The Hall–Kier alpha value is -1.66. The third-order valence-corrected chi connectivity index (χ3v) is 5.22. The van der Waals surface area contributed by atoms with Crippen molar-refractivity contribution in [2.75, 3.05) is 57.3 Å². The molecule has 6 heteroatoms. The van der Waals surface area contributed by atoms with Gasteiger partial charge in [-0.1, -0.05) is 6.92 Å². The van der Waals surface area contributed by atoms with Crippen molar-refractivity contribution < 1.29 is 9.53 Å². The van der Waals surface area contributed by atoms with Gasteiger partial charge in [-0.05, 0) is 51.4 Å². The van der Waals surface area contributed by atoms with Crippen LogP contribution >= 0.6 is 0 Å². The maximum absolute atomic E-state index is 13.1. The van der Waals surface area contributed by atoms with Crippen molar-refractivity contribution in [3.05, 3.63) is 23.9 Å². The van der Waals surface area contributed by atoms with Crippen molar-refractivity contribution in [1.82, 2.24) is 14.8 Å². The molecule has 2 saturated heterocycles. The zero-order valence-electron chi connectivity index (χ0n) is 16.2. The van der Waals surface area contributed by atoms with Gasteiger partial charge in [0.2, 0.25) is 0 Å². The molecule has 0 unspecified atom stereocenters. The largest absolute Gasteiger partial charge is 0.375 e. The summed E-state index contributed by atoms with van der Waals surface area (Å²) in [5.41, 5.74) is 0.740. The van der Waals surface area contributed by atoms with Crippen molar-refractivity contribution in [2.24, 2.45) is 0 Å². The van der Waals surface area contributed by atoms with E-state index in [-0.39, 0.29) is 12.0 Å². The molecular formula is C20H32N4O2. The van der Waals surface area contributed by atoms with E-state index in [2.05, 4.69) is 28.6 Å². The first-order valence-corrected chi connectivity index (χ1v) is 10.0. The molecule has 0 saturated carbocycles. The quantitative estimate of drug-likeness (QED) is 0.746. The van der Waals surface area contributed by atoms with E-state index in [0.717, 1.165) is 50.5 Å². The van der Waals surface area contributed by atoms with Gasteiger partial charge in [0.15, 0.2) is 0 Å². The lowest BCUT2D eigenvalue weighted by Crippen LogP contribution is -2.42. The number of likely N-dealkylation sites (tertiary alicyclic amines) is 1. The SMILES string of the molecule is CCCN(CCN1CCCC1)C(=O)c1ccnc(N2CCO[C@@H](C)C2)c1. The number of nitrogens with zero attached hydrogens (tertiary/aromatic N) is 4. The van der Waals surface area contributed by atoms with Crippen molar-refractivity contribution in [3.63, 3.8) is 0 Å². The minimum Gasteiger partial charge on any atom is -0.375 e. The number of carbonyl (C=O) groups is 1. The summed E-state index contributed by atoms with van der Waals surface area (Å²) in [5.74, 6) is 0.998. The van der Waals surface area contributed by atoms with Crippen molar-refractivity contribution in [1.29, 1.82) is 0 Å². The lowest BCUT2D eigenvalue weighted by atomic mass is 10.2. The van der Waals surface area contributed by atoms with Crippen LogP contribution in [0.5, 0.6) is 0 Å². The zero-order chi connectivity index (χ0) is 18.4. The Labute approximate surface area is 157 Å². The highest BCUT2D eigenvalue weighted by atomic mass is 16.5. The lowest BCUT2D eigenvalue weighted by molar-refractivity contribution is 0.0529. The molecule has 1 aromatic rings. The van der Waals surface area contributed by atoms with Crippen LogP contribution in [0.2, 0.25) is 0 Å². The molecule has 1 amide bonds. The number of ether oxygens (including phenoxy) is 1. The van der Waals surface area contributed by atoms with Crippen LogP contribution in [-0.2, 0) is 4.74 Å². The Bertz CT molecular complexity index is 589. The van der Waals surface area contributed by atoms with Gasteiger partial charge in [0.1, 0.15) is 5.82 Å². The molecule has 2 aliphatic rings. The molecule has 2 fully saturated rings. The standard InChI is InChI=1S/C20H32N4O2/c1-3-8-23(12-11-22-9-4-5-10-22)20(25)18-6-7-21-19(15-18)24-13-14-26-17(2)16-24/h6-7,15,17H,3-5,8-14,16H2,1-2H3/t17-/m0/s1. The van der Waals surface area contributed by atoms with Gasteiger partial charge in [-0.25, -0.2) is 4.98 Å². The van der Waals surface area contributed by atoms with Gasteiger partial charge in [0.25, 0.3) is 5.91 Å². The number of carbonyl (C=O) groups excluding carboxylic acids is 1. The molecule has 2 aliphatic heterocycles. The van der Waals surface area contributed by atoms with E-state index in [9.17, 15) is 4.79 Å². The van der Waals surface area contributed by atoms with Crippen molar-refractivity contribution in [2.45, 2.75) is 39.2 Å². The maximum Gasteiger partial charge on any atom is 0.254 e. The van der Waals surface area contributed by atoms with Crippen LogP contribution in [0.15, 0.2) is 18.3 Å². The van der Waals surface area contributed by atoms with E-state index in [1.165, 1.54) is 25.9 Å². The number of anilines is 1. The molecular weight excluding hydrogens is 328 g/mol. The monoisotopic (exact) mass is 360 g/mol. The summed E-state index contributed by atoms with van der Waals surface area (Å²) in [6.45, 7) is 11.5. The van der Waals surface area contributed by atoms with E-state index in [1.54, 1.807) is 6.20 Å². The molecule has 0 spiro atoms. The predicted molar refractivity (Wildman–Crippen MR) is 104 cm³/mol. The Morgan fingerprint density at radius 3 is 2.85 bits per heavy atom. The van der Waals surface area contributed by atoms with Gasteiger partial charge in [0.05, 0.1) is 12.7 Å². The second kappa shape index (κ2) is 9.33. The molecule has 3 rings (SSSR count). The molecule has 3 heterocycles. The third-order valence-electron chi connectivity index (χ3n) is 5.22. The number of hydrogen-bond donors (Lipinski definition) is 0. The Balaban J connectivity index is 1.66. The second-order valence-electron chi connectivity index (χ2n) is 7.37. The molecule has 1 atom stereocenters. The van der Waals surface area contributed by atoms with E-state index in [0.29, 0.717) is 6.61 Å². The Kier molecular flexibility index (Phi) is 6.86. The third kappa shape index (κ3) is 4.95. The Morgan fingerprint density at radius 2 is 2.12 bits per heavy atom. The van der Waals surface area contributed by atoms with Gasteiger partial charge in [-0.3, -0.25) is 4.79 Å². The van der Waals surface area contributed by atoms with E-state index in [1.807, 2.05) is 17.0 Å². The van der Waals surface area contributed by atoms with Crippen LogP contribution in [0.4, 0.5) is 5.82 Å². The zero-order valence-corrected chi connectivity index (χ0v) is 16.2. The number of amides is 1. The van der Waals surface area contributed by atoms with Crippen molar-refractivity contribution >= 4 is 11.7 Å². The summed E-state index contributed by atoms with van der Waals surface area (Å²) in [6.07, 6.45) is 5.50. The van der Waals surface area contributed by atoms with Gasteiger partial charge in [-0.2, -0.15) is 0 Å². The molecule has 144 valence electrons. The van der Waals surface area contributed by atoms with Crippen molar-refractivity contribution in [3.8, 4) is 0 Å². The van der Waals surface area contributed by atoms with Crippen LogP contribution in [0.3, 0.4) is 0 Å². The van der Waals surface area contributed by atoms with Gasteiger partial charge < -0.3 is 19.4 Å².